The Hall–Kier alpha value is -2.53. The second kappa shape index (κ2) is 8.23. The number of hydrogen-bond donors (Lipinski definition) is 1. The highest BCUT2D eigenvalue weighted by Crippen LogP contribution is 2.42. The maximum atomic E-state index is 11.9. The lowest BCUT2D eigenvalue weighted by atomic mass is 9.80. The molecule has 6 heteroatoms. The fraction of sp³-hybridized carbons (Fsp3) is 0.364. The van der Waals surface area contributed by atoms with Crippen LogP contribution in [0, 0.1) is 0 Å². The molecule has 1 aliphatic rings. The molecule has 28 heavy (non-hydrogen) atoms. The van der Waals surface area contributed by atoms with E-state index in [1.807, 2.05) is 6.07 Å². The average Bonchev–Trinajstić information content (AvgIpc) is 2.65. The van der Waals surface area contributed by atoms with Gasteiger partial charge in [-0.25, -0.2) is 5.43 Å². The molecule has 0 aliphatic carbocycles. The second-order valence-corrected chi connectivity index (χ2v) is 8.27. The summed E-state index contributed by atoms with van der Waals surface area (Å²) < 4.78 is 5.40. The van der Waals surface area contributed by atoms with E-state index in [4.69, 9.17) is 16.3 Å². The monoisotopic (exact) mass is 399 g/mol. The lowest BCUT2D eigenvalue weighted by molar-refractivity contribution is -0.123. The van der Waals surface area contributed by atoms with E-state index in [9.17, 15) is 4.79 Å². The van der Waals surface area contributed by atoms with Crippen LogP contribution in [0.5, 0.6) is 5.75 Å². The minimum atomic E-state index is -0.320. The largest absolute Gasteiger partial charge is 0.484 e. The van der Waals surface area contributed by atoms with Gasteiger partial charge >= 0.3 is 0 Å². The number of amides is 1. The van der Waals surface area contributed by atoms with Crippen molar-refractivity contribution in [3.8, 4) is 5.75 Å². The molecule has 1 heterocycles. The number of hydrazone groups is 1. The van der Waals surface area contributed by atoms with E-state index in [-0.39, 0.29) is 18.1 Å². The van der Waals surface area contributed by atoms with Gasteiger partial charge in [0.2, 0.25) is 0 Å². The first-order valence-corrected chi connectivity index (χ1v) is 9.72. The summed E-state index contributed by atoms with van der Waals surface area (Å²) >= 11 is 5.82. The van der Waals surface area contributed by atoms with Crippen molar-refractivity contribution in [2.75, 3.05) is 18.6 Å². The third-order valence-electron chi connectivity index (χ3n) is 5.24. The molecule has 1 amide bonds. The molecule has 2 aromatic carbocycles. The van der Waals surface area contributed by atoms with Crippen LogP contribution < -0.4 is 15.1 Å². The van der Waals surface area contributed by atoms with Gasteiger partial charge in [-0.3, -0.25) is 4.79 Å². The van der Waals surface area contributed by atoms with Crippen LogP contribution in [-0.4, -0.2) is 31.3 Å². The fourth-order valence-electron chi connectivity index (χ4n) is 3.57. The molecule has 1 N–H and O–H groups in total. The number of carbonyl (C=O) groups is 1. The van der Waals surface area contributed by atoms with Crippen LogP contribution in [0.2, 0.25) is 5.02 Å². The van der Waals surface area contributed by atoms with Crippen LogP contribution >= 0.6 is 11.6 Å². The predicted molar refractivity (Wildman–Crippen MR) is 115 cm³/mol. The van der Waals surface area contributed by atoms with Gasteiger partial charge in [-0.1, -0.05) is 24.6 Å². The van der Waals surface area contributed by atoms with Gasteiger partial charge < -0.3 is 9.64 Å². The first-order chi connectivity index (χ1) is 13.3. The zero-order chi connectivity index (χ0) is 20.3. The Morgan fingerprint density at radius 1 is 1.32 bits per heavy atom. The van der Waals surface area contributed by atoms with Gasteiger partial charge in [-0.2, -0.15) is 5.10 Å². The number of fused-ring (bicyclic) bond motifs is 1. The van der Waals surface area contributed by atoms with Crippen molar-refractivity contribution in [3.63, 3.8) is 0 Å². The molecular weight excluding hydrogens is 374 g/mol. The van der Waals surface area contributed by atoms with E-state index in [1.54, 1.807) is 30.5 Å². The molecule has 1 atom stereocenters. The Morgan fingerprint density at radius 2 is 2.04 bits per heavy atom. The van der Waals surface area contributed by atoms with Crippen LogP contribution in [0.4, 0.5) is 5.69 Å². The summed E-state index contributed by atoms with van der Waals surface area (Å²) in [4.78, 5) is 14.2. The Balaban J connectivity index is 1.58. The topological polar surface area (TPSA) is 53.9 Å². The smallest absolute Gasteiger partial charge is 0.277 e. The van der Waals surface area contributed by atoms with Crippen LogP contribution in [-0.2, 0) is 4.79 Å². The van der Waals surface area contributed by atoms with E-state index < -0.39 is 0 Å². The fourth-order valence-corrected chi connectivity index (χ4v) is 3.69. The lowest BCUT2D eigenvalue weighted by Gasteiger charge is -2.45. The highest BCUT2D eigenvalue weighted by Gasteiger charge is 2.33. The van der Waals surface area contributed by atoms with Crippen molar-refractivity contribution >= 4 is 29.4 Å². The van der Waals surface area contributed by atoms with E-state index in [2.05, 4.69) is 55.4 Å². The molecule has 0 fully saturated rings. The van der Waals surface area contributed by atoms with Gasteiger partial charge in [0.05, 0.1) is 6.21 Å². The summed E-state index contributed by atoms with van der Waals surface area (Å²) in [5.41, 5.74) is 6.15. The van der Waals surface area contributed by atoms with Gasteiger partial charge in [-0.05, 0) is 73.7 Å². The standard InChI is InChI=1S/C22H26ClN3O2/c1-15-12-22(2,3)26(4)20-10-5-16(11-19(15)20)13-24-25-21(27)14-28-18-8-6-17(23)7-9-18/h5-11,13,15H,12,14H2,1-4H3,(H,25,27)/b24-13-. The Kier molecular flexibility index (Phi) is 5.94. The molecule has 0 radical (unpaired) electrons. The number of ether oxygens (including phenoxy) is 1. The van der Waals surface area contributed by atoms with E-state index in [0.717, 1.165) is 12.0 Å². The zero-order valence-electron chi connectivity index (χ0n) is 16.7. The normalized spacial score (nSPS) is 18.0. The van der Waals surface area contributed by atoms with Crippen molar-refractivity contribution in [1.29, 1.82) is 0 Å². The zero-order valence-corrected chi connectivity index (χ0v) is 17.5. The summed E-state index contributed by atoms with van der Waals surface area (Å²) in [5.74, 6) is 0.732. The summed E-state index contributed by atoms with van der Waals surface area (Å²) in [5, 5.41) is 4.67. The second-order valence-electron chi connectivity index (χ2n) is 7.83. The number of hydrogen-bond acceptors (Lipinski definition) is 4. The SMILES string of the molecule is CC1CC(C)(C)N(C)c2ccc(/C=N\NC(=O)COc3ccc(Cl)cc3)cc21. The molecule has 5 nitrogen and oxygen atoms in total. The van der Waals surface area contributed by atoms with Gasteiger partial charge in [0.15, 0.2) is 6.61 Å². The lowest BCUT2D eigenvalue weighted by Crippen LogP contribution is -2.45. The summed E-state index contributed by atoms with van der Waals surface area (Å²) in [6, 6.07) is 13.1. The Labute approximate surface area is 171 Å². The summed E-state index contributed by atoms with van der Waals surface area (Å²) in [7, 11) is 2.14. The maximum absolute atomic E-state index is 11.9. The third kappa shape index (κ3) is 4.65. The molecule has 0 saturated carbocycles. The van der Waals surface area contributed by atoms with E-state index in [0.29, 0.717) is 16.7 Å². The number of carbonyl (C=O) groups excluding carboxylic acids is 1. The molecule has 148 valence electrons. The Morgan fingerprint density at radius 3 is 2.75 bits per heavy atom. The maximum Gasteiger partial charge on any atom is 0.277 e. The predicted octanol–water partition coefficient (Wildman–Crippen LogP) is 4.59. The molecule has 1 unspecified atom stereocenters. The van der Waals surface area contributed by atoms with E-state index in [1.165, 1.54) is 11.3 Å². The molecule has 0 aromatic heterocycles. The van der Waals surface area contributed by atoms with Crippen molar-refractivity contribution in [1.82, 2.24) is 5.43 Å². The van der Waals surface area contributed by atoms with Crippen LogP contribution in [0.25, 0.3) is 0 Å². The first kappa shape index (κ1) is 20.2. The van der Waals surface area contributed by atoms with Crippen molar-refractivity contribution in [3.05, 3.63) is 58.6 Å². The third-order valence-corrected chi connectivity index (χ3v) is 5.50. The van der Waals surface area contributed by atoms with Crippen molar-refractivity contribution in [2.45, 2.75) is 38.6 Å². The number of rotatable bonds is 5. The molecule has 0 bridgehead atoms. The van der Waals surface area contributed by atoms with E-state index >= 15 is 0 Å². The molecule has 2 aromatic rings. The highest BCUT2D eigenvalue weighted by molar-refractivity contribution is 6.30. The van der Waals surface area contributed by atoms with Crippen molar-refractivity contribution in [2.24, 2.45) is 5.10 Å². The van der Waals surface area contributed by atoms with Crippen LogP contribution in [0.15, 0.2) is 47.6 Å². The van der Waals surface area contributed by atoms with Gasteiger partial charge in [-0.15, -0.1) is 0 Å². The van der Waals surface area contributed by atoms with Gasteiger partial charge in [0.25, 0.3) is 5.91 Å². The molecule has 0 saturated heterocycles. The summed E-state index contributed by atoms with van der Waals surface area (Å²) in [6.45, 7) is 6.68. The quantitative estimate of drug-likeness (QED) is 0.590. The Bertz CT molecular complexity index is 878. The van der Waals surface area contributed by atoms with Crippen LogP contribution in [0.3, 0.4) is 0 Å². The molecule has 1 aliphatic heterocycles. The molecule has 0 spiro atoms. The number of anilines is 1. The number of nitrogens with one attached hydrogen (secondary N) is 1. The van der Waals surface area contributed by atoms with Crippen molar-refractivity contribution < 1.29 is 9.53 Å². The van der Waals surface area contributed by atoms with Gasteiger partial charge in [0, 0.05) is 23.3 Å². The minimum Gasteiger partial charge on any atom is -0.484 e. The average molecular weight is 400 g/mol. The minimum absolute atomic E-state index is 0.111. The number of benzene rings is 2. The number of halogens is 1. The molecular formula is C22H26ClN3O2. The van der Waals surface area contributed by atoms with Crippen LogP contribution in [0.1, 0.15) is 44.2 Å². The van der Waals surface area contributed by atoms with Gasteiger partial charge in [0.1, 0.15) is 5.75 Å². The first-order valence-electron chi connectivity index (χ1n) is 9.34. The number of nitrogens with zero attached hydrogens (tertiary/aromatic N) is 2. The highest BCUT2D eigenvalue weighted by atomic mass is 35.5. The molecule has 3 rings (SSSR count). The summed E-state index contributed by atoms with van der Waals surface area (Å²) in [6.07, 6.45) is 2.75.